The zero-order valence-corrected chi connectivity index (χ0v) is 27.3. The molecule has 0 saturated carbocycles. The van der Waals surface area contributed by atoms with Gasteiger partial charge in [0.2, 0.25) is 0 Å². The number of hydrogen-bond donors (Lipinski definition) is 3. The fourth-order valence-corrected chi connectivity index (χ4v) is 8.06. The maximum Gasteiger partial charge on any atom is 0.270 e. The molecule has 0 radical (unpaired) electrons. The van der Waals surface area contributed by atoms with Gasteiger partial charge in [0.15, 0.2) is 0 Å². The van der Waals surface area contributed by atoms with Crippen LogP contribution < -0.4 is 5.32 Å². The van der Waals surface area contributed by atoms with Crippen LogP contribution in [0.4, 0.5) is 5.69 Å². The molecule has 1 spiro atoms. The highest BCUT2D eigenvalue weighted by atomic mass is 16.2. The second-order valence-corrected chi connectivity index (χ2v) is 13.6. The van der Waals surface area contributed by atoms with Crippen LogP contribution in [0.5, 0.6) is 0 Å². The first kappa shape index (κ1) is 31.4. The van der Waals surface area contributed by atoms with Crippen molar-refractivity contribution in [3.63, 3.8) is 0 Å². The topological polar surface area (TPSA) is 71.6 Å². The van der Waals surface area contributed by atoms with Gasteiger partial charge in [-0.2, -0.15) is 0 Å². The largest absolute Gasteiger partial charge is 0.400 e. The number of fused-ring (bicyclic) bond motifs is 3. The molecule has 2 atom stereocenters. The summed E-state index contributed by atoms with van der Waals surface area (Å²) in [7, 11) is 1.00. The number of likely N-dealkylation sites (tertiary alicyclic amines) is 2. The minimum atomic E-state index is 0.149. The molecule has 0 bridgehead atoms. The van der Waals surface area contributed by atoms with Crippen LogP contribution in [0, 0.1) is 18.8 Å². The predicted octanol–water partition coefficient (Wildman–Crippen LogP) is 6.82. The van der Waals surface area contributed by atoms with Gasteiger partial charge in [-0.1, -0.05) is 55.5 Å². The van der Waals surface area contributed by atoms with E-state index in [1.54, 1.807) is 5.56 Å². The maximum atomic E-state index is 13.4. The lowest BCUT2D eigenvalue weighted by atomic mass is 9.67. The summed E-state index contributed by atoms with van der Waals surface area (Å²) < 4.78 is 0. The molecule has 6 heteroatoms. The predicted molar refractivity (Wildman–Crippen MR) is 185 cm³/mol. The number of anilines is 1. The van der Waals surface area contributed by atoms with Gasteiger partial charge in [-0.25, -0.2) is 0 Å². The second kappa shape index (κ2) is 13.8. The average molecular weight is 607 g/mol. The van der Waals surface area contributed by atoms with E-state index < -0.39 is 0 Å². The summed E-state index contributed by atoms with van der Waals surface area (Å²) in [6.07, 6.45) is 6.74. The SMILES string of the molecule is CO.Cc1ccc2c(c1)NCC21CCN(CCC2CCN(C(=O)c3cc4cc(CCc5ccccc5)ccc4[nH]3)CC2)CC1C. The molecule has 1 aromatic heterocycles. The van der Waals surface area contributed by atoms with Gasteiger partial charge in [-0.15, -0.1) is 0 Å². The zero-order chi connectivity index (χ0) is 31.4. The molecule has 0 aliphatic carbocycles. The van der Waals surface area contributed by atoms with E-state index in [1.807, 2.05) is 0 Å². The minimum absolute atomic E-state index is 0.149. The Morgan fingerprint density at radius 1 is 0.933 bits per heavy atom. The monoisotopic (exact) mass is 606 g/mol. The first-order valence-electron chi connectivity index (χ1n) is 16.9. The van der Waals surface area contributed by atoms with Crippen LogP contribution in [-0.4, -0.2) is 72.2 Å². The van der Waals surface area contributed by atoms with E-state index in [0.29, 0.717) is 11.8 Å². The van der Waals surface area contributed by atoms with Crippen LogP contribution in [0.15, 0.2) is 72.8 Å². The molecule has 7 rings (SSSR count). The lowest BCUT2D eigenvalue weighted by molar-refractivity contribution is 0.0659. The number of carbonyl (C=O) groups excluding carboxylic acids is 1. The normalized spacial score (nSPS) is 21.8. The minimum Gasteiger partial charge on any atom is -0.400 e. The number of H-pyrrole nitrogens is 1. The van der Waals surface area contributed by atoms with Crippen LogP contribution in [-0.2, 0) is 18.3 Å². The highest BCUT2D eigenvalue weighted by molar-refractivity contribution is 5.98. The Bertz CT molecular complexity index is 1590. The molecule has 3 aliphatic rings. The number of rotatable bonds is 7. The van der Waals surface area contributed by atoms with E-state index in [1.165, 1.54) is 54.9 Å². The van der Waals surface area contributed by atoms with Crippen molar-refractivity contribution >= 4 is 22.5 Å². The summed E-state index contributed by atoms with van der Waals surface area (Å²) >= 11 is 0. The standard InChI is InChI=1S/C38H46N4O.CH4O/c1-27-8-12-33-35(22-27)39-26-38(33)17-21-41(25-28(38)2)18-14-30-15-19-42(20-16-30)37(43)36-24-32-23-31(11-13-34(32)40-36)10-9-29-6-4-3-5-7-29;1-2/h3-8,11-13,22-24,28,30,39-40H,9-10,14-21,25-26H2,1-2H3;2H,1H3. The van der Waals surface area contributed by atoms with Gasteiger partial charge >= 0.3 is 0 Å². The number of carbonyl (C=O) groups is 1. The van der Waals surface area contributed by atoms with Crippen molar-refractivity contribution in [2.45, 2.75) is 57.8 Å². The lowest BCUT2D eigenvalue weighted by Crippen LogP contribution is -2.50. The second-order valence-electron chi connectivity index (χ2n) is 13.6. The Kier molecular flexibility index (Phi) is 9.62. The molecule has 2 fully saturated rings. The van der Waals surface area contributed by atoms with Crippen LogP contribution in [0.1, 0.15) is 65.3 Å². The molecule has 2 unspecified atom stereocenters. The first-order chi connectivity index (χ1) is 22.0. The molecule has 2 saturated heterocycles. The van der Waals surface area contributed by atoms with Gasteiger partial charge < -0.3 is 25.2 Å². The van der Waals surface area contributed by atoms with E-state index in [4.69, 9.17) is 5.11 Å². The van der Waals surface area contributed by atoms with Crippen LogP contribution in [0.3, 0.4) is 0 Å². The number of aromatic nitrogens is 1. The number of aliphatic hydroxyl groups excluding tert-OH is 1. The van der Waals surface area contributed by atoms with Crippen molar-refractivity contribution in [3.8, 4) is 0 Å². The number of aryl methyl sites for hydroxylation is 3. The fraction of sp³-hybridized carbons (Fsp3) is 0.462. The Balaban J connectivity index is 0.00000175. The van der Waals surface area contributed by atoms with E-state index in [9.17, 15) is 4.79 Å². The van der Waals surface area contributed by atoms with Crippen molar-refractivity contribution in [3.05, 3.63) is 101 Å². The number of piperidine rings is 2. The van der Waals surface area contributed by atoms with Gasteiger partial charge in [0.05, 0.1) is 0 Å². The highest BCUT2D eigenvalue weighted by Gasteiger charge is 2.46. The third kappa shape index (κ3) is 6.68. The number of hydrogen-bond acceptors (Lipinski definition) is 4. The molecular formula is C39H50N4O2. The molecule has 4 aromatic rings. The smallest absolute Gasteiger partial charge is 0.270 e. The zero-order valence-electron chi connectivity index (χ0n) is 27.3. The Morgan fingerprint density at radius 2 is 1.71 bits per heavy atom. The third-order valence-electron chi connectivity index (χ3n) is 10.9. The number of aromatic amines is 1. The van der Waals surface area contributed by atoms with Gasteiger partial charge in [-0.3, -0.25) is 4.79 Å². The highest BCUT2D eigenvalue weighted by Crippen LogP contribution is 2.47. The molecule has 4 heterocycles. The van der Waals surface area contributed by atoms with E-state index in [-0.39, 0.29) is 11.3 Å². The summed E-state index contributed by atoms with van der Waals surface area (Å²) in [5.74, 6) is 1.51. The number of aliphatic hydroxyl groups is 1. The fourth-order valence-electron chi connectivity index (χ4n) is 8.06. The molecule has 3 N–H and O–H groups in total. The van der Waals surface area contributed by atoms with Gasteiger partial charge in [0.1, 0.15) is 5.69 Å². The molecular weight excluding hydrogens is 556 g/mol. The van der Waals surface area contributed by atoms with E-state index in [2.05, 4.69) is 107 Å². The number of nitrogens with one attached hydrogen (secondary N) is 2. The molecule has 6 nitrogen and oxygen atoms in total. The Labute approximate surface area is 268 Å². The maximum absolute atomic E-state index is 13.4. The molecule has 3 aliphatic heterocycles. The Hall–Kier alpha value is -3.61. The third-order valence-corrected chi connectivity index (χ3v) is 10.9. The van der Waals surface area contributed by atoms with Crippen molar-refractivity contribution in [2.75, 3.05) is 51.7 Å². The van der Waals surface area contributed by atoms with Crippen molar-refractivity contribution in [1.29, 1.82) is 0 Å². The first-order valence-corrected chi connectivity index (χ1v) is 16.9. The van der Waals surface area contributed by atoms with Gasteiger partial charge in [0.25, 0.3) is 5.91 Å². The lowest BCUT2D eigenvalue weighted by Gasteiger charge is -2.45. The summed E-state index contributed by atoms with van der Waals surface area (Å²) in [6.45, 7) is 11.0. The summed E-state index contributed by atoms with van der Waals surface area (Å²) in [6, 6.07) is 26.2. The molecule has 238 valence electrons. The van der Waals surface area contributed by atoms with Crippen LogP contribution in [0.2, 0.25) is 0 Å². The van der Waals surface area contributed by atoms with Crippen LogP contribution >= 0.6 is 0 Å². The quantitative estimate of drug-likeness (QED) is 0.216. The summed E-state index contributed by atoms with van der Waals surface area (Å²) in [5, 5.41) is 11.9. The number of amides is 1. The summed E-state index contributed by atoms with van der Waals surface area (Å²) in [5.41, 5.74) is 8.97. The Morgan fingerprint density at radius 3 is 2.49 bits per heavy atom. The number of nitrogens with zero attached hydrogens (tertiary/aromatic N) is 2. The van der Waals surface area contributed by atoms with Gasteiger partial charge in [0, 0.05) is 55.3 Å². The average Bonchev–Trinajstić information content (AvgIpc) is 3.67. The van der Waals surface area contributed by atoms with Crippen molar-refractivity contribution < 1.29 is 9.90 Å². The van der Waals surface area contributed by atoms with Crippen LogP contribution in [0.25, 0.3) is 10.9 Å². The summed E-state index contributed by atoms with van der Waals surface area (Å²) in [4.78, 5) is 21.6. The van der Waals surface area contributed by atoms with Crippen molar-refractivity contribution in [2.24, 2.45) is 11.8 Å². The van der Waals surface area contributed by atoms with Gasteiger partial charge in [-0.05, 0) is 117 Å². The van der Waals surface area contributed by atoms with E-state index in [0.717, 1.165) is 69.0 Å². The number of benzene rings is 3. The van der Waals surface area contributed by atoms with E-state index >= 15 is 0 Å². The molecule has 45 heavy (non-hydrogen) atoms. The molecule has 1 amide bonds. The molecule has 3 aromatic carbocycles. The van der Waals surface area contributed by atoms with Crippen molar-refractivity contribution in [1.82, 2.24) is 14.8 Å².